The number of halogens is 1. The number of imidazole rings is 1. The molecule has 6 nitrogen and oxygen atoms in total. The van der Waals surface area contributed by atoms with Crippen LogP contribution < -0.4 is 9.64 Å². The lowest BCUT2D eigenvalue weighted by atomic mass is 10.4. The predicted octanol–water partition coefficient (Wildman–Crippen LogP) is 1.51. The molecule has 0 saturated heterocycles. The molecule has 0 bridgehead atoms. The van der Waals surface area contributed by atoms with Gasteiger partial charge >= 0.3 is 6.01 Å². The SMILES string of the molecule is COc1ncc(Cl)c(N(C)Cc2nccn2C)n1. The molecule has 2 heterocycles. The second-order valence-electron chi connectivity index (χ2n) is 3.84. The summed E-state index contributed by atoms with van der Waals surface area (Å²) in [6.07, 6.45) is 5.17. The van der Waals surface area contributed by atoms with E-state index in [1.807, 2.05) is 29.8 Å². The highest BCUT2D eigenvalue weighted by molar-refractivity contribution is 6.32. The number of aromatic nitrogens is 4. The van der Waals surface area contributed by atoms with Gasteiger partial charge in [-0.25, -0.2) is 9.97 Å². The van der Waals surface area contributed by atoms with Crippen molar-refractivity contribution in [1.29, 1.82) is 0 Å². The largest absolute Gasteiger partial charge is 0.467 e. The van der Waals surface area contributed by atoms with Crippen LogP contribution in [0, 0.1) is 0 Å². The zero-order valence-corrected chi connectivity index (χ0v) is 11.2. The topological polar surface area (TPSA) is 56.1 Å². The molecular weight excluding hydrogens is 254 g/mol. The van der Waals surface area contributed by atoms with Gasteiger partial charge in [-0.1, -0.05) is 11.6 Å². The molecular formula is C11H14ClN5O. The number of methoxy groups -OCH3 is 1. The molecule has 0 unspecified atom stereocenters. The molecule has 0 atom stereocenters. The maximum atomic E-state index is 6.08. The Morgan fingerprint density at radius 3 is 2.83 bits per heavy atom. The molecule has 0 spiro atoms. The van der Waals surface area contributed by atoms with Crippen LogP contribution >= 0.6 is 11.6 Å². The van der Waals surface area contributed by atoms with Crippen LogP contribution in [-0.2, 0) is 13.6 Å². The quantitative estimate of drug-likeness (QED) is 0.840. The maximum absolute atomic E-state index is 6.08. The second-order valence-corrected chi connectivity index (χ2v) is 4.25. The molecule has 0 aliphatic carbocycles. The smallest absolute Gasteiger partial charge is 0.318 e. The van der Waals surface area contributed by atoms with Crippen LogP contribution in [0.3, 0.4) is 0 Å². The Hall–Kier alpha value is -1.82. The molecule has 7 heteroatoms. The van der Waals surface area contributed by atoms with E-state index in [0.717, 1.165) is 5.82 Å². The molecule has 0 aliphatic heterocycles. The summed E-state index contributed by atoms with van der Waals surface area (Å²) in [6, 6.07) is 0.293. The lowest BCUT2D eigenvalue weighted by molar-refractivity contribution is 0.380. The van der Waals surface area contributed by atoms with Crippen LogP contribution in [-0.4, -0.2) is 33.7 Å². The Morgan fingerprint density at radius 2 is 2.22 bits per heavy atom. The van der Waals surface area contributed by atoms with Gasteiger partial charge in [0.2, 0.25) is 0 Å². The number of nitrogens with zero attached hydrogens (tertiary/aromatic N) is 5. The average molecular weight is 268 g/mol. The molecule has 0 aromatic carbocycles. The van der Waals surface area contributed by atoms with Gasteiger partial charge in [0.15, 0.2) is 5.82 Å². The third kappa shape index (κ3) is 2.53. The van der Waals surface area contributed by atoms with Crippen molar-refractivity contribution in [3.63, 3.8) is 0 Å². The van der Waals surface area contributed by atoms with Crippen molar-refractivity contribution < 1.29 is 4.74 Å². The summed E-state index contributed by atoms with van der Waals surface area (Å²) in [5.74, 6) is 1.54. The molecule has 0 radical (unpaired) electrons. The number of ether oxygens (including phenoxy) is 1. The summed E-state index contributed by atoms with van der Waals surface area (Å²) < 4.78 is 6.94. The first-order valence-electron chi connectivity index (χ1n) is 5.35. The minimum absolute atomic E-state index is 0.293. The van der Waals surface area contributed by atoms with Crippen molar-refractivity contribution in [2.24, 2.45) is 7.05 Å². The van der Waals surface area contributed by atoms with Crippen LogP contribution in [0.2, 0.25) is 5.02 Å². The second kappa shape index (κ2) is 5.22. The molecule has 0 amide bonds. The van der Waals surface area contributed by atoms with Crippen LogP contribution in [0.5, 0.6) is 6.01 Å². The minimum atomic E-state index is 0.293. The molecule has 0 aliphatic rings. The van der Waals surface area contributed by atoms with Gasteiger partial charge < -0.3 is 14.2 Å². The summed E-state index contributed by atoms with van der Waals surface area (Å²) in [6.45, 7) is 0.601. The summed E-state index contributed by atoms with van der Waals surface area (Å²) in [7, 11) is 5.35. The lowest BCUT2D eigenvalue weighted by Crippen LogP contribution is -2.20. The normalized spacial score (nSPS) is 10.4. The van der Waals surface area contributed by atoms with Crippen LogP contribution in [0.4, 0.5) is 5.82 Å². The monoisotopic (exact) mass is 267 g/mol. The molecule has 0 saturated carbocycles. The van der Waals surface area contributed by atoms with Gasteiger partial charge in [0.25, 0.3) is 0 Å². The summed E-state index contributed by atoms with van der Waals surface area (Å²) in [5, 5.41) is 0.479. The van der Waals surface area contributed by atoms with Gasteiger partial charge in [-0.2, -0.15) is 4.98 Å². The van der Waals surface area contributed by atoms with Gasteiger partial charge in [-0.05, 0) is 0 Å². The van der Waals surface area contributed by atoms with E-state index in [1.165, 1.54) is 13.3 Å². The maximum Gasteiger partial charge on any atom is 0.318 e. The van der Waals surface area contributed by atoms with E-state index >= 15 is 0 Å². The van der Waals surface area contributed by atoms with Crippen molar-refractivity contribution in [3.8, 4) is 6.01 Å². The first-order chi connectivity index (χ1) is 8.61. The van der Waals surface area contributed by atoms with Gasteiger partial charge in [0.1, 0.15) is 10.8 Å². The van der Waals surface area contributed by atoms with Gasteiger partial charge in [-0.15, -0.1) is 0 Å². The fourth-order valence-electron chi connectivity index (χ4n) is 1.54. The van der Waals surface area contributed by atoms with Crippen molar-refractivity contribution in [3.05, 3.63) is 29.4 Å². The molecule has 0 fully saturated rings. The molecule has 2 rings (SSSR count). The van der Waals surface area contributed by atoms with E-state index in [2.05, 4.69) is 15.0 Å². The van der Waals surface area contributed by atoms with Gasteiger partial charge in [-0.3, -0.25) is 0 Å². The van der Waals surface area contributed by atoms with E-state index in [4.69, 9.17) is 16.3 Å². The third-order valence-electron chi connectivity index (χ3n) is 2.55. The van der Waals surface area contributed by atoms with Crippen molar-refractivity contribution in [2.75, 3.05) is 19.1 Å². The van der Waals surface area contributed by atoms with E-state index in [1.54, 1.807) is 6.20 Å². The number of anilines is 1. The average Bonchev–Trinajstić information content (AvgIpc) is 2.75. The first-order valence-corrected chi connectivity index (χ1v) is 5.73. The minimum Gasteiger partial charge on any atom is -0.467 e. The summed E-state index contributed by atoms with van der Waals surface area (Å²) in [4.78, 5) is 14.3. The molecule has 2 aromatic heterocycles. The Kier molecular flexibility index (Phi) is 3.66. The number of hydrogen-bond donors (Lipinski definition) is 0. The van der Waals surface area contributed by atoms with Crippen LogP contribution in [0.15, 0.2) is 18.6 Å². The fourth-order valence-corrected chi connectivity index (χ4v) is 1.78. The molecule has 18 heavy (non-hydrogen) atoms. The highest BCUT2D eigenvalue weighted by atomic mass is 35.5. The standard InChI is InChI=1S/C11H14ClN5O/c1-16-5-4-13-9(16)7-17(2)10-8(12)6-14-11(15-10)18-3/h4-6H,7H2,1-3H3. The van der Waals surface area contributed by atoms with E-state index < -0.39 is 0 Å². The lowest BCUT2D eigenvalue weighted by Gasteiger charge is -2.19. The summed E-state index contributed by atoms with van der Waals surface area (Å²) in [5.41, 5.74) is 0. The first kappa shape index (κ1) is 12.6. The van der Waals surface area contributed by atoms with Crippen molar-refractivity contribution in [1.82, 2.24) is 19.5 Å². The zero-order chi connectivity index (χ0) is 13.1. The Bertz CT molecular complexity index is 542. The molecule has 96 valence electrons. The zero-order valence-electron chi connectivity index (χ0n) is 10.5. The molecule has 2 aromatic rings. The Labute approximate surface area is 110 Å². The number of aryl methyl sites for hydroxylation is 1. The Morgan fingerprint density at radius 1 is 1.44 bits per heavy atom. The molecule has 0 N–H and O–H groups in total. The van der Waals surface area contributed by atoms with Crippen molar-refractivity contribution >= 4 is 17.4 Å². The summed E-state index contributed by atoms with van der Waals surface area (Å²) >= 11 is 6.08. The highest BCUT2D eigenvalue weighted by Gasteiger charge is 2.12. The van der Waals surface area contributed by atoms with Crippen LogP contribution in [0.1, 0.15) is 5.82 Å². The van der Waals surface area contributed by atoms with Crippen LogP contribution in [0.25, 0.3) is 0 Å². The number of hydrogen-bond acceptors (Lipinski definition) is 5. The predicted molar refractivity (Wildman–Crippen MR) is 68.9 cm³/mol. The van der Waals surface area contributed by atoms with Crippen molar-refractivity contribution in [2.45, 2.75) is 6.54 Å². The fraction of sp³-hybridized carbons (Fsp3) is 0.364. The number of rotatable bonds is 4. The van der Waals surface area contributed by atoms with E-state index in [9.17, 15) is 0 Å². The Balaban J connectivity index is 2.23. The highest BCUT2D eigenvalue weighted by Crippen LogP contribution is 2.24. The van der Waals surface area contributed by atoms with E-state index in [-0.39, 0.29) is 0 Å². The van der Waals surface area contributed by atoms with Gasteiger partial charge in [0, 0.05) is 26.5 Å². The van der Waals surface area contributed by atoms with E-state index in [0.29, 0.717) is 23.4 Å². The third-order valence-corrected chi connectivity index (χ3v) is 2.81. The van der Waals surface area contributed by atoms with Gasteiger partial charge in [0.05, 0.1) is 19.9 Å².